The van der Waals surface area contributed by atoms with E-state index in [0.29, 0.717) is 37.1 Å². The summed E-state index contributed by atoms with van der Waals surface area (Å²) < 4.78 is 0. The van der Waals surface area contributed by atoms with E-state index in [4.69, 9.17) is 39.8 Å². The lowest BCUT2D eigenvalue weighted by Crippen LogP contribution is -2.28. The van der Waals surface area contributed by atoms with Gasteiger partial charge in [-0.1, -0.05) is 53.0 Å². The molecule has 162 valence electrons. The van der Waals surface area contributed by atoms with E-state index in [1.807, 2.05) is 38.1 Å². The van der Waals surface area contributed by atoms with Crippen molar-refractivity contribution in [3.63, 3.8) is 0 Å². The number of amidine groups is 1. The summed E-state index contributed by atoms with van der Waals surface area (Å²) in [5.74, 6) is -0.260. The number of phenolic OH excluding ortho intramolecular Hbond substituents is 1. The van der Waals surface area contributed by atoms with Gasteiger partial charge in [0.1, 0.15) is 5.75 Å². The third-order valence-corrected chi connectivity index (χ3v) is 6.96. The lowest BCUT2D eigenvalue weighted by Gasteiger charge is -2.16. The molecule has 3 aromatic carbocycles. The number of phenols is 1. The maximum Gasteiger partial charge on any atom is 0.271 e. The van der Waals surface area contributed by atoms with Crippen LogP contribution in [0.4, 0.5) is 11.4 Å². The predicted octanol–water partition coefficient (Wildman–Crippen LogP) is 7.78. The fourth-order valence-corrected chi connectivity index (χ4v) is 4.56. The van der Waals surface area contributed by atoms with E-state index in [2.05, 4.69) is 0 Å². The Hall–Kier alpha value is -2.44. The molecule has 0 unspecified atom stereocenters. The molecule has 3 aromatic rings. The molecule has 0 aromatic heterocycles. The number of thioether (sulfide) groups is 1. The van der Waals surface area contributed by atoms with E-state index in [-0.39, 0.29) is 16.7 Å². The first-order valence-corrected chi connectivity index (χ1v) is 11.5. The number of rotatable bonds is 3. The van der Waals surface area contributed by atoms with Crippen molar-refractivity contribution in [1.29, 1.82) is 0 Å². The molecule has 1 amide bonds. The maximum atomic E-state index is 13.4. The van der Waals surface area contributed by atoms with Gasteiger partial charge in [-0.15, -0.1) is 0 Å². The topological polar surface area (TPSA) is 52.9 Å². The minimum atomic E-state index is -0.240. The standard InChI is InChI=1S/C24H17Cl3N2O2S/c1-13-3-6-16(11-18(13)25)28-24-29(17-7-4-14(2)19(26)12-17)23(31)22(32-24)10-15-5-8-21(30)20(27)9-15/h3-12,30H,1-2H3/b22-10-,28-24-. The molecule has 1 aliphatic rings. The third kappa shape index (κ3) is 4.66. The fraction of sp³-hybridized carbons (Fsp3) is 0.0833. The monoisotopic (exact) mass is 502 g/mol. The summed E-state index contributed by atoms with van der Waals surface area (Å²) in [6, 6.07) is 15.7. The number of aliphatic imine (C=N–C) groups is 1. The van der Waals surface area contributed by atoms with Gasteiger partial charge in [-0.05, 0) is 84.8 Å². The van der Waals surface area contributed by atoms with Crippen LogP contribution >= 0.6 is 46.6 Å². The summed E-state index contributed by atoms with van der Waals surface area (Å²) in [6.07, 6.45) is 1.71. The molecular formula is C24H17Cl3N2O2S. The zero-order valence-corrected chi connectivity index (χ0v) is 20.1. The molecule has 0 radical (unpaired) electrons. The Morgan fingerprint density at radius 3 is 2.25 bits per heavy atom. The predicted molar refractivity (Wildman–Crippen MR) is 136 cm³/mol. The molecule has 1 saturated heterocycles. The number of benzene rings is 3. The summed E-state index contributed by atoms with van der Waals surface area (Å²) in [6.45, 7) is 3.81. The largest absolute Gasteiger partial charge is 0.506 e. The Morgan fingerprint density at radius 2 is 1.59 bits per heavy atom. The van der Waals surface area contributed by atoms with Gasteiger partial charge in [0, 0.05) is 10.0 Å². The van der Waals surface area contributed by atoms with E-state index < -0.39 is 0 Å². The van der Waals surface area contributed by atoms with Gasteiger partial charge in [-0.25, -0.2) is 4.99 Å². The van der Waals surface area contributed by atoms with Gasteiger partial charge in [-0.3, -0.25) is 9.69 Å². The van der Waals surface area contributed by atoms with Crippen molar-refractivity contribution in [3.05, 3.63) is 91.3 Å². The van der Waals surface area contributed by atoms with Crippen molar-refractivity contribution >= 4 is 75.1 Å². The number of nitrogens with zero attached hydrogens (tertiary/aromatic N) is 2. The van der Waals surface area contributed by atoms with Crippen molar-refractivity contribution in [3.8, 4) is 5.75 Å². The molecule has 4 rings (SSSR count). The van der Waals surface area contributed by atoms with Crippen molar-refractivity contribution in [2.45, 2.75) is 13.8 Å². The Kier molecular flexibility index (Phi) is 6.54. The summed E-state index contributed by atoms with van der Waals surface area (Å²) in [5, 5.41) is 11.5. The van der Waals surface area contributed by atoms with E-state index in [1.165, 1.54) is 22.7 Å². The molecule has 8 heteroatoms. The number of amides is 1. The highest BCUT2D eigenvalue weighted by Crippen LogP contribution is 2.39. The minimum absolute atomic E-state index is 0.0198. The molecule has 0 bridgehead atoms. The normalized spacial score (nSPS) is 16.4. The second-order valence-corrected chi connectivity index (χ2v) is 9.45. The molecule has 0 aliphatic carbocycles. The Morgan fingerprint density at radius 1 is 0.906 bits per heavy atom. The van der Waals surface area contributed by atoms with Crippen LogP contribution in [0.5, 0.6) is 5.75 Å². The maximum absolute atomic E-state index is 13.4. The molecule has 1 N–H and O–H groups in total. The zero-order valence-electron chi connectivity index (χ0n) is 17.1. The molecule has 1 aliphatic heterocycles. The highest BCUT2D eigenvalue weighted by Gasteiger charge is 2.35. The first-order valence-electron chi connectivity index (χ1n) is 9.56. The van der Waals surface area contributed by atoms with Gasteiger partial charge < -0.3 is 5.11 Å². The van der Waals surface area contributed by atoms with E-state index in [0.717, 1.165) is 11.1 Å². The van der Waals surface area contributed by atoms with Gasteiger partial charge >= 0.3 is 0 Å². The quantitative estimate of drug-likeness (QED) is 0.371. The van der Waals surface area contributed by atoms with Gasteiger partial charge in [0.2, 0.25) is 0 Å². The third-order valence-electron chi connectivity index (χ3n) is 4.87. The average Bonchev–Trinajstić information content (AvgIpc) is 3.04. The van der Waals surface area contributed by atoms with Gasteiger partial charge in [0.25, 0.3) is 5.91 Å². The number of carbonyl (C=O) groups is 1. The number of halogens is 3. The summed E-state index contributed by atoms with van der Waals surface area (Å²) in [7, 11) is 0. The molecular weight excluding hydrogens is 487 g/mol. The van der Waals surface area contributed by atoms with E-state index in [9.17, 15) is 9.90 Å². The number of anilines is 1. The zero-order chi connectivity index (χ0) is 23.0. The Bertz CT molecular complexity index is 1300. The molecule has 0 saturated carbocycles. The second-order valence-electron chi connectivity index (χ2n) is 7.22. The lowest BCUT2D eigenvalue weighted by molar-refractivity contribution is -0.113. The van der Waals surface area contributed by atoms with Crippen LogP contribution in [0, 0.1) is 13.8 Å². The molecule has 0 spiro atoms. The Labute approximate surface area is 205 Å². The number of aromatic hydroxyl groups is 1. The van der Waals surface area contributed by atoms with Crippen LogP contribution in [-0.2, 0) is 4.79 Å². The molecule has 4 nitrogen and oxygen atoms in total. The Balaban J connectivity index is 1.81. The summed E-state index contributed by atoms with van der Waals surface area (Å²) in [5.41, 5.74) is 3.78. The fourth-order valence-electron chi connectivity index (χ4n) is 3.02. The number of carbonyl (C=O) groups excluding carboxylic acids is 1. The first-order chi connectivity index (χ1) is 15.2. The first kappa shape index (κ1) is 22.7. The molecule has 1 fully saturated rings. The average molecular weight is 504 g/mol. The molecule has 32 heavy (non-hydrogen) atoms. The van der Waals surface area contributed by atoms with E-state index >= 15 is 0 Å². The highest BCUT2D eigenvalue weighted by atomic mass is 35.5. The van der Waals surface area contributed by atoms with Crippen LogP contribution in [0.2, 0.25) is 15.1 Å². The number of hydrogen-bond acceptors (Lipinski definition) is 4. The number of aryl methyl sites for hydroxylation is 2. The summed E-state index contributed by atoms with van der Waals surface area (Å²) in [4.78, 5) is 20.1. The van der Waals surface area contributed by atoms with Crippen molar-refractivity contribution < 1.29 is 9.90 Å². The highest BCUT2D eigenvalue weighted by molar-refractivity contribution is 8.19. The second kappa shape index (κ2) is 9.20. The number of hydrogen-bond donors (Lipinski definition) is 1. The van der Waals surface area contributed by atoms with Crippen molar-refractivity contribution in [2.75, 3.05) is 4.90 Å². The van der Waals surface area contributed by atoms with Crippen LogP contribution in [-0.4, -0.2) is 16.2 Å². The van der Waals surface area contributed by atoms with Crippen LogP contribution in [0.3, 0.4) is 0 Å². The molecule has 1 heterocycles. The summed E-state index contributed by atoms with van der Waals surface area (Å²) >= 11 is 19.9. The minimum Gasteiger partial charge on any atom is -0.506 e. The van der Waals surface area contributed by atoms with Crippen molar-refractivity contribution in [2.24, 2.45) is 4.99 Å². The molecule has 0 atom stereocenters. The smallest absolute Gasteiger partial charge is 0.271 e. The van der Waals surface area contributed by atoms with Gasteiger partial charge in [-0.2, -0.15) is 0 Å². The van der Waals surface area contributed by atoms with E-state index in [1.54, 1.807) is 30.3 Å². The van der Waals surface area contributed by atoms with Gasteiger partial charge in [0.05, 0.1) is 21.3 Å². The van der Waals surface area contributed by atoms with Crippen LogP contribution in [0.15, 0.2) is 64.5 Å². The SMILES string of the molecule is Cc1ccc(/N=C2\S/C(=C\c3ccc(O)c(Cl)c3)C(=O)N2c2ccc(C)c(Cl)c2)cc1Cl. The van der Waals surface area contributed by atoms with Crippen LogP contribution in [0.25, 0.3) is 6.08 Å². The van der Waals surface area contributed by atoms with Crippen LogP contribution in [0.1, 0.15) is 16.7 Å². The van der Waals surface area contributed by atoms with Crippen molar-refractivity contribution in [1.82, 2.24) is 0 Å². The lowest BCUT2D eigenvalue weighted by atomic mass is 10.2. The van der Waals surface area contributed by atoms with Gasteiger partial charge in [0.15, 0.2) is 5.17 Å². The van der Waals surface area contributed by atoms with Crippen LogP contribution < -0.4 is 4.90 Å².